The van der Waals surface area contributed by atoms with Gasteiger partial charge in [0.15, 0.2) is 11.5 Å². The number of likely N-dealkylation sites (tertiary alicyclic amines) is 1. The number of carbonyl (C=O) groups is 2. The Morgan fingerprint density at radius 2 is 1.91 bits per heavy atom. The van der Waals surface area contributed by atoms with Crippen LogP contribution in [0.3, 0.4) is 0 Å². The van der Waals surface area contributed by atoms with E-state index in [-0.39, 0.29) is 24.5 Å². The highest BCUT2D eigenvalue weighted by Gasteiger charge is 2.29. The molecule has 8 nitrogen and oxygen atoms in total. The minimum Gasteiger partial charge on any atom is -0.496 e. The molecule has 1 fully saturated rings. The minimum absolute atomic E-state index is 0.0481. The molecule has 33 heavy (non-hydrogen) atoms. The van der Waals surface area contributed by atoms with E-state index in [1.54, 1.807) is 35.6 Å². The summed E-state index contributed by atoms with van der Waals surface area (Å²) in [6, 6.07) is 13.0. The second-order valence-corrected chi connectivity index (χ2v) is 8.72. The van der Waals surface area contributed by atoms with E-state index in [0.717, 1.165) is 16.3 Å². The standard InChI is InChI=1S/C24H23N3O5S/c1-30-19-5-3-2-4-17(19)23-26-18(13-33-23)24(29)27-10-8-15(9-11-27)22(28)25-16-6-7-20-21(12-16)32-14-31-20/h2-7,12-13,15H,8-11,14H2,1H3,(H,25,28). The number of carbonyl (C=O) groups excluding carboxylic acids is 2. The smallest absolute Gasteiger partial charge is 0.273 e. The molecule has 0 spiro atoms. The first-order valence-corrected chi connectivity index (χ1v) is 11.6. The molecule has 1 N–H and O–H groups in total. The highest BCUT2D eigenvalue weighted by Crippen LogP contribution is 2.35. The Balaban J connectivity index is 1.18. The van der Waals surface area contributed by atoms with Gasteiger partial charge in [0.2, 0.25) is 12.7 Å². The molecule has 3 aromatic rings. The number of aromatic nitrogens is 1. The van der Waals surface area contributed by atoms with Gasteiger partial charge in [0.1, 0.15) is 16.5 Å². The monoisotopic (exact) mass is 465 g/mol. The molecule has 1 saturated heterocycles. The van der Waals surface area contributed by atoms with Gasteiger partial charge in [0, 0.05) is 36.1 Å². The molecule has 0 bridgehead atoms. The Morgan fingerprint density at radius 1 is 1.12 bits per heavy atom. The average molecular weight is 466 g/mol. The largest absolute Gasteiger partial charge is 0.496 e. The summed E-state index contributed by atoms with van der Waals surface area (Å²) >= 11 is 1.42. The second-order valence-electron chi connectivity index (χ2n) is 7.86. The highest BCUT2D eigenvalue weighted by atomic mass is 32.1. The molecule has 2 aliphatic rings. The van der Waals surface area contributed by atoms with Crippen molar-refractivity contribution in [3.8, 4) is 27.8 Å². The SMILES string of the molecule is COc1ccccc1-c1nc(C(=O)N2CCC(C(=O)Nc3ccc4c(c3)OCO4)CC2)cs1. The molecule has 170 valence electrons. The van der Waals surface area contributed by atoms with Gasteiger partial charge in [0.05, 0.1) is 12.7 Å². The normalized spacial score (nSPS) is 15.4. The molecular weight excluding hydrogens is 442 g/mol. The van der Waals surface area contributed by atoms with Crippen LogP contribution in [-0.2, 0) is 4.79 Å². The number of fused-ring (bicyclic) bond motifs is 1. The molecule has 2 aliphatic heterocycles. The first kappa shape index (κ1) is 21.3. The molecule has 0 unspecified atom stereocenters. The Bertz CT molecular complexity index is 1190. The van der Waals surface area contributed by atoms with Gasteiger partial charge in [0.25, 0.3) is 5.91 Å². The van der Waals surface area contributed by atoms with Crippen LogP contribution in [0.5, 0.6) is 17.2 Å². The molecular formula is C24H23N3O5S. The van der Waals surface area contributed by atoms with Gasteiger partial charge in [-0.15, -0.1) is 11.3 Å². The van der Waals surface area contributed by atoms with Crippen LogP contribution in [0.1, 0.15) is 23.3 Å². The summed E-state index contributed by atoms with van der Waals surface area (Å²) in [5, 5.41) is 5.47. The van der Waals surface area contributed by atoms with Crippen molar-refractivity contribution in [2.45, 2.75) is 12.8 Å². The number of rotatable bonds is 5. The van der Waals surface area contributed by atoms with Gasteiger partial charge in [-0.3, -0.25) is 9.59 Å². The predicted molar refractivity (Wildman–Crippen MR) is 124 cm³/mol. The number of nitrogens with zero attached hydrogens (tertiary/aromatic N) is 2. The van der Waals surface area contributed by atoms with Crippen molar-refractivity contribution in [1.29, 1.82) is 0 Å². The van der Waals surface area contributed by atoms with Crippen LogP contribution < -0.4 is 19.5 Å². The number of methoxy groups -OCH3 is 1. The predicted octanol–water partition coefficient (Wildman–Crippen LogP) is 4.04. The summed E-state index contributed by atoms with van der Waals surface area (Å²) < 4.78 is 16.1. The lowest BCUT2D eigenvalue weighted by molar-refractivity contribution is -0.121. The number of hydrogen-bond donors (Lipinski definition) is 1. The van der Waals surface area contributed by atoms with Crippen molar-refractivity contribution in [3.63, 3.8) is 0 Å². The van der Waals surface area contributed by atoms with Crippen molar-refractivity contribution in [2.24, 2.45) is 5.92 Å². The first-order chi connectivity index (χ1) is 16.1. The van der Waals surface area contributed by atoms with Crippen LogP contribution in [0.25, 0.3) is 10.6 Å². The lowest BCUT2D eigenvalue weighted by Crippen LogP contribution is -2.41. The van der Waals surface area contributed by atoms with Crippen LogP contribution in [-0.4, -0.2) is 48.7 Å². The lowest BCUT2D eigenvalue weighted by Gasteiger charge is -2.30. The summed E-state index contributed by atoms with van der Waals surface area (Å²) in [5.41, 5.74) is 1.96. The van der Waals surface area contributed by atoms with Crippen molar-refractivity contribution in [1.82, 2.24) is 9.88 Å². The van der Waals surface area contributed by atoms with Crippen molar-refractivity contribution < 1.29 is 23.8 Å². The van der Waals surface area contributed by atoms with Gasteiger partial charge in [-0.1, -0.05) is 12.1 Å². The van der Waals surface area contributed by atoms with E-state index in [9.17, 15) is 9.59 Å². The van der Waals surface area contributed by atoms with Gasteiger partial charge >= 0.3 is 0 Å². The summed E-state index contributed by atoms with van der Waals surface area (Å²) in [5.74, 6) is 1.72. The van der Waals surface area contributed by atoms with Crippen LogP contribution in [0.4, 0.5) is 5.69 Å². The lowest BCUT2D eigenvalue weighted by atomic mass is 9.95. The third-order valence-electron chi connectivity index (χ3n) is 5.85. The minimum atomic E-state index is -0.154. The first-order valence-electron chi connectivity index (χ1n) is 10.7. The number of thiazole rings is 1. The maximum absolute atomic E-state index is 13.0. The fourth-order valence-electron chi connectivity index (χ4n) is 4.04. The molecule has 1 aromatic heterocycles. The maximum Gasteiger partial charge on any atom is 0.273 e. The summed E-state index contributed by atoms with van der Waals surface area (Å²) in [6.45, 7) is 1.22. The van der Waals surface area contributed by atoms with E-state index in [2.05, 4.69) is 10.3 Å². The van der Waals surface area contributed by atoms with E-state index in [1.807, 2.05) is 24.3 Å². The summed E-state index contributed by atoms with van der Waals surface area (Å²) in [6.07, 6.45) is 1.21. The Hall–Kier alpha value is -3.59. The third kappa shape index (κ3) is 4.36. The van der Waals surface area contributed by atoms with E-state index < -0.39 is 0 Å². The van der Waals surface area contributed by atoms with Crippen molar-refractivity contribution in [3.05, 3.63) is 53.5 Å². The number of amides is 2. The molecule has 9 heteroatoms. The second kappa shape index (κ2) is 9.11. The van der Waals surface area contributed by atoms with Crippen LogP contribution in [0, 0.1) is 5.92 Å². The summed E-state index contributed by atoms with van der Waals surface area (Å²) in [4.78, 5) is 32.0. The zero-order chi connectivity index (χ0) is 22.8. The Labute approximate surface area is 195 Å². The molecule has 2 amide bonds. The molecule has 2 aromatic carbocycles. The molecule has 3 heterocycles. The number of nitrogens with one attached hydrogen (secondary N) is 1. The quantitative estimate of drug-likeness (QED) is 0.612. The maximum atomic E-state index is 13.0. The number of para-hydroxylation sites is 1. The average Bonchev–Trinajstić information content (AvgIpc) is 3.53. The summed E-state index contributed by atoms with van der Waals surface area (Å²) in [7, 11) is 1.62. The van der Waals surface area contributed by atoms with E-state index in [4.69, 9.17) is 14.2 Å². The Morgan fingerprint density at radius 3 is 2.73 bits per heavy atom. The van der Waals surface area contributed by atoms with E-state index in [0.29, 0.717) is 48.8 Å². The van der Waals surface area contributed by atoms with Crippen molar-refractivity contribution in [2.75, 3.05) is 32.3 Å². The molecule has 5 rings (SSSR count). The number of anilines is 1. The van der Waals surface area contributed by atoms with E-state index in [1.165, 1.54) is 11.3 Å². The van der Waals surface area contributed by atoms with Crippen LogP contribution >= 0.6 is 11.3 Å². The van der Waals surface area contributed by atoms with Crippen LogP contribution in [0.15, 0.2) is 47.8 Å². The molecule has 0 saturated carbocycles. The molecule has 0 radical (unpaired) electrons. The zero-order valence-electron chi connectivity index (χ0n) is 18.1. The molecule has 0 aliphatic carbocycles. The van der Waals surface area contributed by atoms with Gasteiger partial charge < -0.3 is 24.4 Å². The zero-order valence-corrected chi connectivity index (χ0v) is 18.9. The Kier molecular flexibility index (Phi) is 5.87. The van der Waals surface area contributed by atoms with Crippen molar-refractivity contribution >= 4 is 28.8 Å². The third-order valence-corrected chi connectivity index (χ3v) is 6.73. The number of piperidine rings is 1. The van der Waals surface area contributed by atoms with E-state index >= 15 is 0 Å². The van der Waals surface area contributed by atoms with Gasteiger partial charge in [-0.25, -0.2) is 4.98 Å². The fourth-order valence-corrected chi connectivity index (χ4v) is 4.87. The number of hydrogen-bond acceptors (Lipinski definition) is 7. The number of ether oxygens (including phenoxy) is 3. The number of benzene rings is 2. The fraction of sp³-hybridized carbons (Fsp3) is 0.292. The van der Waals surface area contributed by atoms with Gasteiger partial charge in [-0.2, -0.15) is 0 Å². The molecule has 0 atom stereocenters. The topological polar surface area (TPSA) is 90.0 Å². The van der Waals surface area contributed by atoms with Gasteiger partial charge in [-0.05, 0) is 37.1 Å². The highest BCUT2D eigenvalue weighted by molar-refractivity contribution is 7.13. The van der Waals surface area contributed by atoms with Crippen LogP contribution in [0.2, 0.25) is 0 Å².